The third-order valence-corrected chi connectivity index (χ3v) is 5.15. The van der Waals surface area contributed by atoms with E-state index in [1.165, 1.54) is 19.3 Å². The number of hydrogen-bond acceptors (Lipinski definition) is 3. The average molecular weight is 266 g/mol. The molecule has 3 fully saturated rings. The molecular weight excluding hydrogens is 244 g/mol. The van der Waals surface area contributed by atoms with Crippen LogP contribution in [0.1, 0.15) is 38.5 Å². The summed E-state index contributed by atoms with van der Waals surface area (Å²) in [6.07, 6.45) is 6.61. The van der Waals surface area contributed by atoms with Crippen LogP contribution in [0.5, 0.6) is 0 Å². The number of carboxylic acids is 1. The van der Waals surface area contributed by atoms with Crippen LogP contribution in [0.25, 0.3) is 0 Å². The van der Waals surface area contributed by atoms with Gasteiger partial charge in [0.1, 0.15) is 0 Å². The summed E-state index contributed by atoms with van der Waals surface area (Å²) in [5.74, 6) is -0.248. The first-order chi connectivity index (χ1) is 9.09. The highest BCUT2D eigenvalue weighted by Crippen LogP contribution is 2.65. The second kappa shape index (κ2) is 4.78. The van der Waals surface area contributed by atoms with Gasteiger partial charge in [-0.15, -0.1) is 0 Å². The van der Waals surface area contributed by atoms with E-state index < -0.39 is 5.97 Å². The fourth-order valence-electron chi connectivity index (χ4n) is 3.63. The van der Waals surface area contributed by atoms with E-state index in [1.54, 1.807) is 0 Å². The van der Waals surface area contributed by atoms with Crippen LogP contribution in [0.3, 0.4) is 0 Å². The van der Waals surface area contributed by atoms with E-state index in [0.29, 0.717) is 5.41 Å². The van der Waals surface area contributed by atoms with Crippen molar-refractivity contribution in [1.29, 1.82) is 0 Å². The quantitative estimate of drug-likeness (QED) is 0.791. The lowest BCUT2D eigenvalue weighted by Crippen LogP contribution is -2.46. The molecular formula is C14H22N2O3. The van der Waals surface area contributed by atoms with Crippen LogP contribution in [-0.4, -0.2) is 47.6 Å². The predicted molar refractivity (Wildman–Crippen MR) is 69.6 cm³/mol. The number of piperidine rings is 1. The molecule has 2 saturated carbocycles. The number of amides is 1. The normalized spacial score (nSPS) is 29.8. The molecule has 5 heteroatoms. The van der Waals surface area contributed by atoms with Crippen molar-refractivity contribution >= 4 is 11.9 Å². The predicted octanol–water partition coefficient (Wildman–Crippen LogP) is 0.842. The minimum atomic E-state index is -0.771. The molecule has 1 heterocycles. The molecule has 3 aliphatic rings. The molecule has 2 N–H and O–H groups in total. The molecule has 5 nitrogen and oxygen atoms in total. The van der Waals surface area contributed by atoms with Gasteiger partial charge in [0, 0.05) is 25.0 Å². The second-order valence-electron chi connectivity index (χ2n) is 6.43. The maximum absolute atomic E-state index is 12.1. The first-order valence-corrected chi connectivity index (χ1v) is 7.34. The van der Waals surface area contributed by atoms with Gasteiger partial charge in [0.25, 0.3) is 0 Å². The molecule has 1 spiro atoms. The Hall–Kier alpha value is -1.10. The maximum Gasteiger partial charge on any atom is 0.317 e. The van der Waals surface area contributed by atoms with Gasteiger partial charge in [0.15, 0.2) is 0 Å². The topological polar surface area (TPSA) is 69.6 Å². The molecule has 0 unspecified atom stereocenters. The van der Waals surface area contributed by atoms with E-state index in [1.807, 2.05) is 4.90 Å². The summed E-state index contributed by atoms with van der Waals surface area (Å²) in [5.41, 5.74) is 0.397. The summed E-state index contributed by atoms with van der Waals surface area (Å²) in [7, 11) is 0. The fraction of sp³-hybridized carbons (Fsp3) is 0.857. The smallest absolute Gasteiger partial charge is 0.317 e. The monoisotopic (exact) mass is 266 g/mol. The van der Waals surface area contributed by atoms with E-state index in [9.17, 15) is 9.59 Å². The van der Waals surface area contributed by atoms with Crippen LogP contribution in [0, 0.1) is 11.3 Å². The Morgan fingerprint density at radius 3 is 2.42 bits per heavy atom. The summed E-state index contributed by atoms with van der Waals surface area (Å²) >= 11 is 0. The Bertz CT molecular complexity index is 384. The van der Waals surface area contributed by atoms with Crippen LogP contribution in [0.15, 0.2) is 0 Å². The van der Waals surface area contributed by atoms with Gasteiger partial charge < -0.3 is 10.4 Å². The molecule has 19 heavy (non-hydrogen) atoms. The van der Waals surface area contributed by atoms with Gasteiger partial charge in [0.05, 0.1) is 6.54 Å². The number of nitrogens with zero attached hydrogens (tertiary/aromatic N) is 1. The van der Waals surface area contributed by atoms with Crippen LogP contribution in [0.4, 0.5) is 0 Å². The Kier molecular flexibility index (Phi) is 3.25. The van der Waals surface area contributed by atoms with Crippen molar-refractivity contribution in [3.63, 3.8) is 0 Å². The van der Waals surface area contributed by atoms with Gasteiger partial charge in [-0.25, -0.2) is 0 Å². The van der Waals surface area contributed by atoms with Gasteiger partial charge in [-0.05, 0) is 37.5 Å². The molecule has 0 aromatic heterocycles. The van der Waals surface area contributed by atoms with Crippen molar-refractivity contribution in [3.8, 4) is 0 Å². The van der Waals surface area contributed by atoms with Gasteiger partial charge in [-0.3, -0.25) is 14.5 Å². The van der Waals surface area contributed by atoms with E-state index in [4.69, 9.17) is 5.11 Å². The lowest BCUT2D eigenvalue weighted by molar-refractivity contribution is -0.138. The Labute approximate surface area is 113 Å². The molecule has 1 aliphatic heterocycles. The first kappa shape index (κ1) is 12.9. The Morgan fingerprint density at radius 1 is 1.26 bits per heavy atom. The molecule has 0 aromatic carbocycles. The number of carboxylic acid groups (broad SMARTS) is 1. The molecule has 1 atom stereocenters. The Balaban J connectivity index is 1.40. The highest BCUT2D eigenvalue weighted by Gasteiger charge is 2.60. The van der Waals surface area contributed by atoms with Gasteiger partial charge in [-0.1, -0.05) is 6.42 Å². The van der Waals surface area contributed by atoms with Crippen LogP contribution in [0.2, 0.25) is 0 Å². The standard InChI is InChI=1S/C14H22N2O3/c17-12(18)9-16-6-2-10(3-7-16)15-13(19)11-8-14(11)4-1-5-14/h10-11H,1-9H2,(H,15,19)(H,17,18)/t11-/m1/s1. The zero-order valence-electron chi connectivity index (χ0n) is 11.2. The zero-order chi connectivity index (χ0) is 13.5. The molecule has 0 aromatic rings. The van der Waals surface area contributed by atoms with E-state index in [2.05, 4.69) is 5.32 Å². The first-order valence-electron chi connectivity index (χ1n) is 7.34. The maximum atomic E-state index is 12.1. The third kappa shape index (κ3) is 2.61. The molecule has 2 aliphatic carbocycles. The van der Waals surface area contributed by atoms with Crippen molar-refractivity contribution in [2.75, 3.05) is 19.6 Å². The number of likely N-dealkylation sites (tertiary alicyclic amines) is 1. The summed E-state index contributed by atoms with van der Waals surface area (Å²) in [6.45, 7) is 1.66. The lowest BCUT2D eigenvalue weighted by atomic mass is 9.79. The highest BCUT2D eigenvalue weighted by molar-refractivity contribution is 5.83. The van der Waals surface area contributed by atoms with Gasteiger partial charge >= 0.3 is 5.97 Å². The van der Waals surface area contributed by atoms with Crippen LogP contribution in [-0.2, 0) is 9.59 Å². The Morgan fingerprint density at radius 2 is 1.95 bits per heavy atom. The summed E-state index contributed by atoms with van der Waals surface area (Å²) in [6, 6.07) is 0.246. The number of aliphatic carboxylic acids is 1. The summed E-state index contributed by atoms with van der Waals surface area (Å²) in [4.78, 5) is 24.7. The van der Waals surface area contributed by atoms with E-state index >= 15 is 0 Å². The molecule has 106 valence electrons. The second-order valence-corrected chi connectivity index (χ2v) is 6.43. The summed E-state index contributed by atoms with van der Waals surface area (Å²) < 4.78 is 0. The number of rotatable bonds is 4. The van der Waals surface area contributed by atoms with Crippen molar-refractivity contribution in [2.24, 2.45) is 11.3 Å². The van der Waals surface area contributed by atoms with Crippen molar-refractivity contribution in [1.82, 2.24) is 10.2 Å². The third-order valence-electron chi connectivity index (χ3n) is 5.15. The fourth-order valence-corrected chi connectivity index (χ4v) is 3.63. The minimum Gasteiger partial charge on any atom is -0.480 e. The molecule has 1 saturated heterocycles. The molecule has 3 rings (SSSR count). The lowest BCUT2D eigenvalue weighted by Gasteiger charge is -2.32. The van der Waals surface area contributed by atoms with Crippen molar-refractivity contribution in [2.45, 2.75) is 44.6 Å². The van der Waals surface area contributed by atoms with Crippen LogP contribution < -0.4 is 5.32 Å². The number of nitrogens with one attached hydrogen (secondary N) is 1. The SMILES string of the molecule is O=C(O)CN1CCC(NC(=O)[C@H]2CC23CCC3)CC1. The van der Waals surface area contributed by atoms with Crippen LogP contribution >= 0.6 is 0 Å². The largest absolute Gasteiger partial charge is 0.480 e. The number of carbonyl (C=O) groups excluding carboxylic acids is 1. The molecule has 1 amide bonds. The van der Waals surface area contributed by atoms with E-state index in [0.717, 1.165) is 32.4 Å². The average Bonchev–Trinajstić information content (AvgIpc) is 3.06. The van der Waals surface area contributed by atoms with Crippen molar-refractivity contribution in [3.05, 3.63) is 0 Å². The molecule has 0 radical (unpaired) electrons. The summed E-state index contributed by atoms with van der Waals surface area (Å²) in [5, 5.41) is 11.9. The zero-order valence-corrected chi connectivity index (χ0v) is 11.2. The number of hydrogen-bond donors (Lipinski definition) is 2. The highest BCUT2D eigenvalue weighted by atomic mass is 16.4. The van der Waals surface area contributed by atoms with Gasteiger partial charge in [-0.2, -0.15) is 0 Å². The van der Waals surface area contributed by atoms with E-state index in [-0.39, 0.29) is 24.4 Å². The molecule has 0 bridgehead atoms. The van der Waals surface area contributed by atoms with Crippen molar-refractivity contribution < 1.29 is 14.7 Å². The van der Waals surface area contributed by atoms with Gasteiger partial charge in [0.2, 0.25) is 5.91 Å². The number of carbonyl (C=O) groups is 2. The minimum absolute atomic E-state index is 0.117.